The van der Waals surface area contributed by atoms with Crippen molar-refractivity contribution in [2.75, 3.05) is 13.2 Å². The number of unbranched alkanes of at least 4 members (excludes halogenated alkanes) is 2. The molecule has 4 nitrogen and oxygen atoms in total. The molecule has 1 rings (SSSR count). The molecule has 0 saturated heterocycles. The van der Waals surface area contributed by atoms with Crippen LogP contribution in [-0.2, 0) is 19.1 Å². The van der Waals surface area contributed by atoms with Crippen LogP contribution in [0.4, 0.5) is 0 Å². The first-order chi connectivity index (χ1) is 10.9. The lowest BCUT2D eigenvalue weighted by molar-refractivity contribution is -0.142. The Bertz CT molecular complexity index is 509. The largest absolute Gasteiger partial charge is 0.462 e. The molecule has 0 N–H and O–H groups in total. The normalized spacial score (nSPS) is 16.2. The summed E-state index contributed by atoms with van der Waals surface area (Å²) in [6, 6.07) is 0. The Kier molecular flexibility index (Phi) is 7.79. The molecule has 0 aliphatic heterocycles. The van der Waals surface area contributed by atoms with Crippen LogP contribution in [0.15, 0.2) is 35.5 Å². The zero-order chi connectivity index (χ0) is 17.3. The summed E-state index contributed by atoms with van der Waals surface area (Å²) in [6.07, 6.45) is 10.6. The van der Waals surface area contributed by atoms with Gasteiger partial charge in [-0.1, -0.05) is 58.8 Å². The van der Waals surface area contributed by atoms with Gasteiger partial charge in [-0.2, -0.15) is 0 Å². The van der Waals surface area contributed by atoms with Crippen molar-refractivity contribution in [2.24, 2.45) is 5.41 Å². The Hall–Kier alpha value is -1.84. The van der Waals surface area contributed by atoms with Crippen LogP contribution in [0.2, 0.25) is 0 Å². The van der Waals surface area contributed by atoms with E-state index >= 15 is 0 Å². The second-order valence-electron chi connectivity index (χ2n) is 6.30. The lowest BCUT2D eigenvalue weighted by Gasteiger charge is -2.17. The maximum Gasteiger partial charge on any atom is 0.338 e. The van der Waals surface area contributed by atoms with Gasteiger partial charge in [0.2, 0.25) is 0 Å². The summed E-state index contributed by atoms with van der Waals surface area (Å²) in [4.78, 5) is 24.7. The van der Waals surface area contributed by atoms with Gasteiger partial charge in [-0.3, -0.25) is 0 Å². The number of hydrogen-bond donors (Lipinski definition) is 0. The van der Waals surface area contributed by atoms with Gasteiger partial charge in [0.1, 0.15) is 0 Å². The molecule has 0 fully saturated rings. The molecular formula is C19H28O4. The summed E-state index contributed by atoms with van der Waals surface area (Å²) >= 11 is 0. The summed E-state index contributed by atoms with van der Waals surface area (Å²) in [5, 5.41) is 0. The first kappa shape index (κ1) is 19.2. The molecule has 23 heavy (non-hydrogen) atoms. The van der Waals surface area contributed by atoms with Crippen molar-refractivity contribution in [1.29, 1.82) is 0 Å². The van der Waals surface area contributed by atoms with Crippen LogP contribution in [0.5, 0.6) is 0 Å². The average molecular weight is 320 g/mol. The van der Waals surface area contributed by atoms with Crippen LogP contribution >= 0.6 is 0 Å². The van der Waals surface area contributed by atoms with E-state index in [1.807, 2.05) is 33.8 Å². The molecule has 0 aromatic rings. The standard InChI is InChI=1S/C19H28O4/c1-5-7-12-22-17(20)15-10-9-11-19(3,4)14-16(15)18(21)23-13-8-6-2/h9-11,14H,5-8,12-13H2,1-4H3. The quantitative estimate of drug-likeness (QED) is 0.498. The van der Waals surface area contributed by atoms with Crippen LogP contribution in [-0.4, -0.2) is 25.2 Å². The molecule has 0 unspecified atom stereocenters. The molecule has 0 aromatic heterocycles. The van der Waals surface area contributed by atoms with E-state index < -0.39 is 11.9 Å². The minimum absolute atomic E-state index is 0.268. The monoisotopic (exact) mass is 320 g/mol. The molecule has 128 valence electrons. The van der Waals surface area contributed by atoms with Crippen molar-refractivity contribution < 1.29 is 19.1 Å². The van der Waals surface area contributed by atoms with E-state index in [1.54, 1.807) is 18.2 Å². The Morgan fingerprint density at radius 1 is 0.957 bits per heavy atom. The number of ether oxygens (including phenoxy) is 2. The topological polar surface area (TPSA) is 52.6 Å². The number of esters is 2. The highest BCUT2D eigenvalue weighted by atomic mass is 16.5. The van der Waals surface area contributed by atoms with Crippen LogP contribution < -0.4 is 0 Å². The second kappa shape index (κ2) is 9.33. The zero-order valence-electron chi connectivity index (χ0n) is 14.7. The van der Waals surface area contributed by atoms with Gasteiger partial charge in [0.25, 0.3) is 0 Å². The van der Waals surface area contributed by atoms with Crippen molar-refractivity contribution in [3.63, 3.8) is 0 Å². The molecule has 0 saturated carbocycles. The van der Waals surface area contributed by atoms with Gasteiger partial charge in [-0.15, -0.1) is 0 Å². The van der Waals surface area contributed by atoms with E-state index in [0.717, 1.165) is 25.7 Å². The third kappa shape index (κ3) is 6.43. The highest BCUT2D eigenvalue weighted by molar-refractivity contribution is 6.07. The molecule has 0 heterocycles. The minimum atomic E-state index is -0.473. The van der Waals surface area contributed by atoms with Crippen LogP contribution in [0, 0.1) is 5.41 Å². The summed E-state index contributed by atoms with van der Waals surface area (Å²) < 4.78 is 10.6. The van der Waals surface area contributed by atoms with E-state index in [-0.39, 0.29) is 16.6 Å². The van der Waals surface area contributed by atoms with Crippen LogP contribution in [0.25, 0.3) is 0 Å². The average Bonchev–Trinajstić information content (AvgIpc) is 2.65. The highest BCUT2D eigenvalue weighted by Crippen LogP contribution is 2.28. The number of carbonyl (C=O) groups excluding carboxylic acids is 2. The third-order valence-electron chi connectivity index (χ3n) is 3.50. The lowest BCUT2D eigenvalue weighted by atomic mass is 9.90. The summed E-state index contributed by atoms with van der Waals surface area (Å²) in [6.45, 7) is 8.73. The highest BCUT2D eigenvalue weighted by Gasteiger charge is 2.27. The lowest BCUT2D eigenvalue weighted by Crippen LogP contribution is -2.19. The Balaban J connectivity index is 2.94. The van der Waals surface area contributed by atoms with Crippen molar-refractivity contribution in [2.45, 2.75) is 53.4 Å². The SMILES string of the molecule is CCCCOC(=O)C1=CC=CC(C)(C)C=C1C(=O)OCCCC. The van der Waals surface area contributed by atoms with Crippen molar-refractivity contribution in [1.82, 2.24) is 0 Å². The van der Waals surface area contributed by atoms with E-state index in [2.05, 4.69) is 0 Å². The molecule has 1 aliphatic carbocycles. The smallest absolute Gasteiger partial charge is 0.338 e. The molecular weight excluding hydrogens is 292 g/mol. The van der Waals surface area contributed by atoms with Gasteiger partial charge in [0, 0.05) is 5.41 Å². The van der Waals surface area contributed by atoms with Gasteiger partial charge in [-0.05, 0) is 18.9 Å². The molecule has 4 heteroatoms. The Morgan fingerprint density at radius 2 is 1.48 bits per heavy atom. The predicted octanol–water partition coefficient (Wildman–Crippen LogP) is 4.12. The van der Waals surface area contributed by atoms with Gasteiger partial charge < -0.3 is 9.47 Å². The fraction of sp³-hybridized carbons (Fsp3) is 0.579. The van der Waals surface area contributed by atoms with Gasteiger partial charge in [0.05, 0.1) is 24.4 Å². The van der Waals surface area contributed by atoms with Crippen molar-refractivity contribution in [3.05, 3.63) is 35.5 Å². The van der Waals surface area contributed by atoms with E-state index in [0.29, 0.717) is 13.2 Å². The molecule has 0 aromatic carbocycles. The number of rotatable bonds is 8. The van der Waals surface area contributed by atoms with Gasteiger partial charge in [0.15, 0.2) is 0 Å². The van der Waals surface area contributed by atoms with Crippen LogP contribution in [0.1, 0.15) is 53.4 Å². The summed E-state index contributed by atoms with van der Waals surface area (Å²) in [5.41, 5.74) is 0.225. The fourth-order valence-corrected chi connectivity index (χ4v) is 2.10. The zero-order valence-corrected chi connectivity index (χ0v) is 14.7. The van der Waals surface area contributed by atoms with Crippen molar-refractivity contribution in [3.8, 4) is 0 Å². The molecule has 0 spiro atoms. The molecule has 0 amide bonds. The summed E-state index contributed by atoms with van der Waals surface area (Å²) in [7, 11) is 0. The Morgan fingerprint density at radius 3 is 2.00 bits per heavy atom. The first-order valence-corrected chi connectivity index (χ1v) is 8.38. The van der Waals surface area contributed by atoms with Crippen molar-refractivity contribution >= 4 is 11.9 Å². The predicted molar refractivity (Wildman–Crippen MR) is 90.8 cm³/mol. The molecule has 0 bridgehead atoms. The maximum absolute atomic E-state index is 12.4. The molecule has 0 atom stereocenters. The van der Waals surface area contributed by atoms with Gasteiger partial charge in [-0.25, -0.2) is 9.59 Å². The number of allylic oxidation sites excluding steroid dienone is 4. The molecule has 1 aliphatic rings. The minimum Gasteiger partial charge on any atom is -0.462 e. The van der Waals surface area contributed by atoms with Gasteiger partial charge >= 0.3 is 11.9 Å². The van der Waals surface area contributed by atoms with Crippen LogP contribution in [0.3, 0.4) is 0 Å². The molecule has 0 radical (unpaired) electrons. The Labute approximate surface area is 139 Å². The maximum atomic E-state index is 12.4. The van der Waals surface area contributed by atoms with E-state index in [1.165, 1.54) is 0 Å². The number of carbonyl (C=O) groups is 2. The summed E-state index contributed by atoms with van der Waals surface area (Å²) in [5.74, 6) is -0.937. The second-order valence-corrected chi connectivity index (χ2v) is 6.30. The number of hydrogen-bond acceptors (Lipinski definition) is 4. The van der Waals surface area contributed by atoms with E-state index in [9.17, 15) is 9.59 Å². The third-order valence-corrected chi connectivity index (χ3v) is 3.50. The fourth-order valence-electron chi connectivity index (χ4n) is 2.10. The first-order valence-electron chi connectivity index (χ1n) is 8.38. The van der Waals surface area contributed by atoms with E-state index in [4.69, 9.17) is 9.47 Å².